The molecule has 5 rings (SSSR count). The molecule has 10 nitrogen and oxygen atoms in total. The number of nitrogens with zero attached hydrogens (tertiary/aromatic N) is 2. The molecule has 0 bridgehead atoms. The molecule has 2 aliphatic rings. The Morgan fingerprint density at radius 1 is 1.18 bits per heavy atom. The first-order valence-electron chi connectivity index (χ1n) is 12.9. The SMILES string of the molecule is COc1cccc2[nH]c(C(=O)N(C)[C@@H](CC(C)C)C(=O)N3C[C@]4(CC3C(=O)O)C(=O)Nc3ccccc34)cc12. The molecule has 39 heavy (non-hydrogen) atoms. The molecule has 3 aromatic rings. The smallest absolute Gasteiger partial charge is 0.326 e. The molecular weight excluding hydrogens is 500 g/mol. The number of carbonyl (C=O) groups is 4. The van der Waals surface area contributed by atoms with E-state index in [9.17, 15) is 24.3 Å². The lowest BCUT2D eigenvalue weighted by Gasteiger charge is -2.33. The Morgan fingerprint density at radius 2 is 1.92 bits per heavy atom. The minimum absolute atomic E-state index is 0.0346. The molecule has 3 N–H and O–H groups in total. The summed E-state index contributed by atoms with van der Waals surface area (Å²) in [6.07, 6.45) is 0.286. The van der Waals surface area contributed by atoms with Crippen LogP contribution in [-0.2, 0) is 19.8 Å². The normalized spacial score (nSPS) is 20.8. The van der Waals surface area contributed by atoms with Crippen LogP contribution in [0.1, 0.15) is 42.7 Å². The molecule has 0 saturated carbocycles. The molecule has 204 valence electrons. The van der Waals surface area contributed by atoms with Gasteiger partial charge in [-0.25, -0.2) is 4.79 Å². The van der Waals surface area contributed by atoms with Gasteiger partial charge in [0.25, 0.3) is 5.91 Å². The highest BCUT2D eigenvalue weighted by molar-refractivity contribution is 6.08. The fourth-order valence-electron chi connectivity index (χ4n) is 5.91. The van der Waals surface area contributed by atoms with Crippen LogP contribution in [0.2, 0.25) is 0 Å². The van der Waals surface area contributed by atoms with Crippen LogP contribution in [0, 0.1) is 5.92 Å². The largest absolute Gasteiger partial charge is 0.496 e. The maximum absolute atomic E-state index is 14.1. The summed E-state index contributed by atoms with van der Waals surface area (Å²) in [6, 6.07) is 12.2. The van der Waals surface area contributed by atoms with E-state index in [0.717, 1.165) is 10.9 Å². The van der Waals surface area contributed by atoms with Gasteiger partial charge in [0.05, 0.1) is 12.5 Å². The van der Waals surface area contributed by atoms with E-state index in [2.05, 4.69) is 10.3 Å². The van der Waals surface area contributed by atoms with Crippen molar-refractivity contribution in [1.82, 2.24) is 14.8 Å². The third kappa shape index (κ3) is 4.29. The summed E-state index contributed by atoms with van der Waals surface area (Å²) in [5.41, 5.74) is 1.16. The number of methoxy groups -OCH3 is 1. The molecule has 10 heteroatoms. The first-order chi connectivity index (χ1) is 18.6. The number of carboxylic acids is 1. The number of nitrogens with one attached hydrogen (secondary N) is 2. The zero-order valence-electron chi connectivity index (χ0n) is 22.4. The average Bonchev–Trinajstić information content (AvgIpc) is 3.60. The monoisotopic (exact) mass is 532 g/mol. The summed E-state index contributed by atoms with van der Waals surface area (Å²) >= 11 is 0. The van der Waals surface area contributed by atoms with Gasteiger partial charge in [-0.1, -0.05) is 38.1 Å². The number of aromatic nitrogens is 1. The van der Waals surface area contributed by atoms with Crippen LogP contribution in [0.15, 0.2) is 48.5 Å². The predicted octanol–water partition coefficient (Wildman–Crippen LogP) is 3.24. The molecule has 2 aliphatic heterocycles. The van der Waals surface area contributed by atoms with Crippen LogP contribution in [0.25, 0.3) is 10.9 Å². The number of amides is 3. The maximum Gasteiger partial charge on any atom is 0.326 e. The Bertz CT molecular complexity index is 1480. The van der Waals surface area contributed by atoms with Crippen molar-refractivity contribution < 1.29 is 29.0 Å². The summed E-state index contributed by atoms with van der Waals surface area (Å²) in [5.74, 6) is -1.75. The average molecular weight is 533 g/mol. The van der Waals surface area contributed by atoms with Crippen molar-refractivity contribution in [2.24, 2.45) is 5.92 Å². The number of ether oxygens (including phenoxy) is 1. The molecule has 1 unspecified atom stereocenters. The number of para-hydroxylation sites is 1. The Hall–Kier alpha value is -4.34. The Kier molecular flexibility index (Phi) is 6.57. The number of H-pyrrole nitrogens is 1. The van der Waals surface area contributed by atoms with Gasteiger partial charge in [-0.05, 0) is 48.6 Å². The summed E-state index contributed by atoms with van der Waals surface area (Å²) in [5, 5.41) is 13.7. The Balaban J connectivity index is 1.48. The lowest BCUT2D eigenvalue weighted by atomic mass is 9.79. The number of fused-ring (bicyclic) bond motifs is 3. The fourth-order valence-corrected chi connectivity index (χ4v) is 5.91. The first-order valence-corrected chi connectivity index (χ1v) is 12.9. The van der Waals surface area contributed by atoms with E-state index in [-0.39, 0.29) is 30.5 Å². The first kappa shape index (κ1) is 26.3. The van der Waals surface area contributed by atoms with Crippen molar-refractivity contribution in [3.05, 3.63) is 59.8 Å². The van der Waals surface area contributed by atoms with Gasteiger partial charge in [0, 0.05) is 30.2 Å². The zero-order chi connectivity index (χ0) is 28.1. The highest BCUT2D eigenvalue weighted by Crippen LogP contribution is 2.46. The van der Waals surface area contributed by atoms with Crippen LogP contribution < -0.4 is 10.1 Å². The van der Waals surface area contributed by atoms with E-state index in [1.165, 1.54) is 9.80 Å². The summed E-state index contributed by atoms with van der Waals surface area (Å²) < 4.78 is 5.41. The van der Waals surface area contributed by atoms with E-state index in [1.807, 2.05) is 26.0 Å². The lowest BCUT2D eigenvalue weighted by molar-refractivity contribution is -0.150. The second-order valence-electron chi connectivity index (χ2n) is 10.8. The quantitative estimate of drug-likeness (QED) is 0.428. The van der Waals surface area contributed by atoms with E-state index in [4.69, 9.17) is 4.74 Å². The van der Waals surface area contributed by atoms with Crippen LogP contribution >= 0.6 is 0 Å². The molecule has 1 saturated heterocycles. The molecule has 0 radical (unpaired) electrons. The number of aliphatic carboxylic acids is 1. The number of rotatable bonds is 7. The number of carbonyl (C=O) groups excluding carboxylic acids is 3. The number of benzene rings is 2. The number of anilines is 1. The molecule has 1 spiro atoms. The van der Waals surface area contributed by atoms with Crippen molar-refractivity contribution in [2.75, 3.05) is 26.0 Å². The minimum Gasteiger partial charge on any atom is -0.496 e. The standard InChI is InChI=1S/C29H32N4O6/c1-16(2)12-22(32(3)25(34)21-13-17-19(30-21)10-7-11-24(17)39-4)26(35)33-15-29(14-23(33)27(36)37)18-8-5-6-9-20(18)31-28(29)38/h5-11,13,16,22-23,30H,12,14-15H2,1-4H3,(H,31,38)(H,36,37)/t22-,23?,29-/m0/s1. The van der Waals surface area contributed by atoms with Gasteiger partial charge < -0.3 is 29.9 Å². The van der Waals surface area contributed by atoms with Crippen molar-refractivity contribution in [2.45, 2.75) is 44.2 Å². The second-order valence-corrected chi connectivity index (χ2v) is 10.8. The maximum atomic E-state index is 14.1. The number of likely N-dealkylation sites (tertiary alicyclic amines) is 1. The third-order valence-electron chi connectivity index (χ3n) is 7.89. The van der Waals surface area contributed by atoms with Gasteiger partial charge in [0.1, 0.15) is 23.5 Å². The summed E-state index contributed by atoms with van der Waals surface area (Å²) in [6.45, 7) is 3.80. The minimum atomic E-state index is -1.20. The molecule has 3 heterocycles. The van der Waals surface area contributed by atoms with Crippen LogP contribution in [0.3, 0.4) is 0 Å². The molecule has 1 aromatic heterocycles. The van der Waals surface area contributed by atoms with Gasteiger partial charge >= 0.3 is 5.97 Å². The molecular formula is C29H32N4O6. The second kappa shape index (κ2) is 9.76. The van der Waals surface area contributed by atoms with E-state index < -0.39 is 35.3 Å². The van der Waals surface area contributed by atoms with E-state index >= 15 is 0 Å². The van der Waals surface area contributed by atoms with Crippen LogP contribution in [0.5, 0.6) is 5.75 Å². The van der Waals surface area contributed by atoms with Crippen molar-refractivity contribution >= 4 is 40.3 Å². The van der Waals surface area contributed by atoms with E-state index in [1.54, 1.807) is 50.6 Å². The molecule has 2 aromatic carbocycles. The van der Waals surface area contributed by atoms with Crippen molar-refractivity contribution in [3.63, 3.8) is 0 Å². The zero-order valence-corrected chi connectivity index (χ0v) is 22.4. The van der Waals surface area contributed by atoms with Gasteiger partial charge in [-0.3, -0.25) is 14.4 Å². The van der Waals surface area contributed by atoms with Gasteiger partial charge in [-0.2, -0.15) is 0 Å². The molecule has 0 aliphatic carbocycles. The highest BCUT2D eigenvalue weighted by atomic mass is 16.5. The number of hydrogen-bond donors (Lipinski definition) is 3. The van der Waals surface area contributed by atoms with E-state index in [0.29, 0.717) is 23.4 Å². The number of hydrogen-bond acceptors (Lipinski definition) is 5. The van der Waals surface area contributed by atoms with Gasteiger partial charge in [-0.15, -0.1) is 0 Å². The Labute approximate surface area is 225 Å². The summed E-state index contributed by atoms with van der Waals surface area (Å²) in [7, 11) is 3.10. The molecule has 3 amide bonds. The van der Waals surface area contributed by atoms with Gasteiger partial charge in [0.2, 0.25) is 11.8 Å². The lowest BCUT2D eigenvalue weighted by Crippen LogP contribution is -2.53. The number of likely N-dealkylation sites (N-methyl/N-ethyl adjacent to an activating group) is 1. The Morgan fingerprint density at radius 3 is 2.62 bits per heavy atom. The van der Waals surface area contributed by atoms with Crippen LogP contribution in [0.4, 0.5) is 5.69 Å². The number of aromatic amines is 1. The predicted molar refractivity (Wildman–Crippen MR) is 145 cm³/mol. The fraction of sp³-hybridized carbons (Fsp3) is 0.379. The topological polar surface area (TPSA) is 132 Å². The van der Waals surface area contributed by atoms with Gasteiger partial charge in [0.15, 0.2) is 0 Å². The summed E-state index contributed by atoms with van der Waals surface area (Å²) in [4.78, 5) is 59.1. The molecule has 3 atom stereocenters. The van der Waals surface area contributed by atoms with Crippen LogP contribution in [-0.4, -0.2) is 76.4 Å². The van der Waals surface area contributed by atoms with Crippen molar-refractivity contribution in [3.8, 4) is 5.75 Å². The molecule has 1 fully saturated rings. The highest BCUT2D eigenvalue weighted by Gasteiger charge is 2.58. The third-order valence-corrected chi connectivity index (χ3v) is 7.89. The van der Waals surface area contributed by atoms with Crippen molar-refractivity contribution in [1.29, 1.82) is 0 Å². The number of carboxylic acid groups (broad SMARTS) is 1.